The van der Waals surface area contributed by atoms with Gasteiger partial charge in [-0.1, -0.05) is 12.1 Å². The molecule has 1 unspecified atom stereocenters. The Labute approximate surface area is 188 Å². The lowest BCUT2D eigenvalue weighted by Crippen LogP contribution is -2.48. The smallest absolute Gasteiger partial charge is 0.305 e. The Morgan fingerprint density at radius 2 is 2.06 bits per heavy atom. The van der Waals surface area contributed by atoms with Crippen LogP contribution in [0.15, 0.2) is 46.3 Å². The van der Waals surface area contributed by atoms with E-state index in [1.54, 1.807) is 4.57 Å². The highest BCUT2D eigenvalue weighted by atomic mass is 16.1. The highest BCUT2D eigenvalue weighted by Crippen LogP contribution is 2.38. The van der Waals surface area contributed by atoms with Crippen LogP contribution in [0.3, 0.4) is 0 Å². The molecule has 3 aromatic rings. The van der Waals surface area contributed by atoms with Gasteiger partial charge in [0.1, 0.15) is 0 Å². The van der Waals surface area contributed by atoms with Gasteiger partial charge in [0, 0.05) is 43.8 Å². The van der Waals surface area contributed by atoms with Crippen molar-refractivity contribution in [1.82, 2.24) is 23.9 Å². The van der Waals surface area contributed by atoms with Crippen molar-refractivity contribution in [2.45, 2.75) is 37.9 Å². The Kier molecular flexibility index (Phi) is 5.06. The molecule has 5 rings (SSSR count). The molecular weight excluding hydrogens is 400 g/mol. The van der Waals surface area contributed by atoms with Crippen molar-refractivity contribution >= 4 is 28.2 Å². The van der Waals surface area contributed by atoms with E-state index in [1.165, 1.54) is 5.56 Å². The highest BCUT2D eigenvalue weighted by Gasteiger charge is 2.41. The second-order valence-electron chi connectivity index (χ2n) is 9.65. The van der Waals surface area contributed by atoms with Crippen LogP contribution in [0, 0.1) is 0 Å². The predicted molar refractivity (Wildman–Crippen MR) is 131 cm³/mol. The first-order chi connectivity index (χ1) is 15.3. The lowest BCUT2D eigenvalue weighted by atomic mass is 9.85. The Morgan fingerprint density at radius 3 is 2.72 bits per heavy atom. The number of rotatable bonds is 4. The molecular formula is C25H32N6O. The molecule has 2 aliphatic rings. The third kappa shape index (κ3) is 3.06. The number of aromatic nitrogens is 3. The van der Waals surface area contributed by atoms with E-state index in [1.807, 2.05) is 24.0 Å². The van der Waals surface area contributed by atoms with Crippen LogP contribution < -0.4 is 5.69 Å². The van der Waals surface area contributed by atoms with E-state index < -0.39 is 0 Å². The Morgan fingerprint density at radius 1 is 1.25 bits per heavy atom. The molecule has 2 aliphatic heterocycles. The molecule has 0 aliphatic carbocycles. The Balaban J connectivity index is 1.73. The third-order valence-electron chi connectivity index (χ3n) is 7.29. The van der Waals surface area contributed by atoms with Gasteiger partial charge in [0.25, 0.3) is 0 Å². The number of pyridine rings is 1. The summed E-state index contributed by atoms with van der Waals surface area (Å²) in [6.07, 6.45) is 9.24. The van der Waals surface area contributed by atoms with Crippen LogP contribution in [0.25, 0.3) is 21.9 Å². The van der Waals surface area contributed by atoms with E-state index in [2.05, 4.69) is 78.1 Å². The van der Waals surface area contributed by atoms with Crippen molar-refractivity contribution in [1.29, 1.82) is 0 Å². The molecule has 0 N–H and O–H groups in total. The SMILES string of the molecule is CC(C)n1c(=O)n(C)c2cnc3ccc(C4(N5CC[C@H](N(C)C)C5)C=CC=NC4)cc3c21. The number of hydrogen-bond donors (Lipinski definition) is 0. The summed E-state index contributed by atoms with van der Waals surface area (Å²) in [6, 6.07) is 7.14. The number of hydrogen-bond acceptors (Lipinski definition) is 5. The van der Waals surface area contributed by atoms with Gasteiger partial charge >= 0.3 is 5.69 Å². The molecule has 2 atom stereocenters. The number of benzene rings is 1. The van der Waals surface area contributed by atoms with Gasteiger partial charge in [-0.05, 0) is 58.1 Å². The van der Waals surface area contributed by atoms with Crippen molar-refractivity contribution in [3.05, 3.63) is 52.6 Å². The molecule has 0 radical (unpaired) electrons. The molecule has 1 aromatic carbocycles. The van der Waals surface area contributed by atoms with Gasteiger partial charge in [0.15, 0.2) is 0 Å². The number of dihydropyridines is 1. The summed E-state index contributed by atoms with van der Waals surface area (Å²) in [5, 5.41) is 1.03. The molecule has 7 nitrogen and oxygen atoms in total. The number of allylic oxidation sites excluding steroid dienone is 1. The van der Waals surface area contributed by atoms with Crippen molar-refractivity contribution in [2.24, 2.45) is 12.0 Å². The number of aliphatic imine (C=N–C) groups is 1. The summed E-state index contributed by atoms with van der Waals surface area (Å²) >= 11 is 0. The van der Waals surface area contributed by atoms with Gasteiger partial charge < -0.3 is 4.90 Å². The molecule has 1 fully saturated rings. The predicted octanol–water partition coefficient (Wildman–Crippen LogP) is 2.94. The number of fused-ring (bicyclic) bond motifs is 3. The monoisotopic (exact) mass is 432 g/mol. The second kappa shape index (κ2) is 7.67. The van der Waals surface area contributed by atoms with Crippen LogP contribution in [0.2, 0.25) is 0 Å². The van der Waals surface area contributed by atoms with Crippen molar-refractivity contribution in [3.63, 3.8) is 0 Å². The van der Waals surface area contributed by atoms with E-state index in [0.717, 1.165) is 41.4 Å². The van der Waals surface area contributed by atoms with Gasteiger partial charge in [-0.2, -0.15) is 0 Å². The van der Waals surface area contributed by atoms with E-state index >= 15 is 0 Å². The lowest BCUT2D eigenvalue weighted by molar-refractivity contribution is 0.158. The number of likely N-dealkylation sites (tertiary alicyclic amines) is 1. The molecule has 4 heterocycles. The van der Waals surface area contributed by atoms with Gasteiger partial charge in [-0.15, -0.1) is 0 Å². The summed E-state index contributed by atoms with van der Waals surface area (Å²) in [4.78, 5) is 27.2. The summed E-state index contributed by atoms with van der Waals surface area (Å²) < 4.78 is 3.60. The first kappa shape index (κ1) is 21.1. The molecule has 32 heavy (non-hydrogen) atoms. The lowest BCUT2D eigenvalue weighted by Gasteiger charge is -2.40. The van der Waals surface area contributed by atoms with E-state index in [4.69, 9.17) is 0 Å². The number of nitrogens with zero attached hydrogens (tertiary/aromatic N) is 6. The molecule has 168 valence electrons. The van der Waals surface area contributed by atoms with Crippen LogP contribution in [-0.2, 0) is 12.6 Å². The fourth-order valence-electron chi connectivity index (χ4n) is 5.38. The average Bonchev–Trinajstić information content (AvgIpc) is 3.38. The largest absolute Gasteiger partial charge is 0.329 e. The molecule has 7 heteroatoms. The average molecular weight is 433 g/mol. The number of imidazole rings is 1. The maximum atomic E-state index is 13.0. The fourth-order valence-corrected chi connectivity index (χ4v) is 5.38. The minimum atomic E-state index is -0.284. The normalized spacial score (nSPS) is 24.0. The fraction of sp³-hybridized carbons (Fsp3) is 0.480. The third-order valence-corrected chi connectivity index (χ3v) is 7.29. The van der Waals surface area contributed by atoms with Crippen molar-refractivity contribution < 1.29 is 0 Å². The van der Waals surface area contributed by atoms with Crippen LogP contribution in [0.4, 0.5) is 0 Å². The first-order valence-corrected chi connectivity index (χ1v) is 11.4. The topological polar surface area (TPSA) is 58.7 Å². The zero-order valence-corrected chi connectivity index (χ0v) is 19.6. The van der Waals surface area contributed by atoms with Crippen LogP contribution >= 0.6 is 0 Å². The highest BCUT2D eigenvalue weighted by molar-refractivity contribution is 6.02. The van der Waals surface area contributed by atoms with Crippen LogP contribution in [0.1, 0.15) is 31.9 Å². The van der Waals surface area contributed by atoms with E-state index in [0.29, 0.717) is 12.6 Å². The number of likely N-dealkylation sites (N-methyl/N-ethyl adjacent to an activating group) is 1. The van der Waals surface area contributed by atoms with Crippen molar-refractivity contribution in [2.75, 3.05) is 33.7 Å². The quantitative estimate of drug-likeness (QED) is 0.636. The van der Waals surface area contributed by atoms with Crippen LogP contribution in [-0.4, -0.2) is 69.9 Å². The van der Waals surface area contributed by atoms with E-state index in [9.17, 15) is 4.79 Å². The molecule has 0 bridgehead atoms. The minimum absolute atomic E-state index is 0.0000498. The maximum absolute atomic E-state index is 13.0. The maximum Gasteiger partial charge on any atom is 0.329 e. The molecule has 0 amide bonds. The summed E-state index contributed by atoms with van der Waals surface area (Å²) in [6.45, 7) is 6.86. The molecule has 0 spiro atoms. The Hall–Kier alpha value is -2.77. The van der Waals surface area contributed by atoms with Gasteiger partial charge in [-0.25, -0.2) is 4.79 Å². The summed E-state index contributed by atoms with van der Waals surface area (Å²) in [5.74, 6) is 0. The molecule has 2 aromatic heterocycles. The second-order valence-corrected chi connectivity index (χ2v) is 9.65. The Bertz CT molecular complexity index is 1300. The molecule has 1 saturated heterocycles. The first-order valence-electron chi connectivity index (χ1n) is 11.4. The van der Waals surface area contributed by atoms with E-state index in [-0.39, 0.29) is 17.3 Å². The van der Waals surface area contributed by atoms with Gasteiger partial charge in [0.2, 0.25) is 0 Å². The zero-order valence-electron chi connectivity index (χ0n) is 19.6. The molecule has 0 saturated carbocycles. The summed E-state index contributed by atoms with van der Waals surface area (Å²) in [7, 11) is 6.15. The van der Waals surface area contributed by atoms with Crippen molar-refractivity contribution in [3.8, 4) is 0 Å². The van der Waals surface area contributed by atoms with Gasteiger partial charge in [0.05, 0.1) is 34.8 Å². The standard InChI is InChI=1S/C25H32N6O/c1-17(2)31-23-20-13-18(7-8-21(20)27-14-22(23)29(5)24(31)32)25(10-6-11-26-16-25)30-12-9-19(15-30)28(3)4/h6-8,10-11,13-14,17,19H,9,12,15-16H2,1-5H3/t19-,25?/m0/s1. The number of aryl methyl sites for hydroxylation is 1. The van der Waals surface area contributed by atoms with Crippen LogP contribution in [0.5, 0.6) is 0 Å². The summed E-state index contributed by atoms with van der Waals surface area (Å²) in [5.41, 5.74) is 3.66. The van der Waals surface area contributed by atoms with Gasteiger partial charge in [-0.3, -0.25) is 24.0 Å². The minimum Gasteiger partial charge on any atom is -0.305 e. The zero-order chi connectivity index (χ0) is 22.6.